The summed E-state index contributed by atoms with van der Waals surface area (Å²) < 4.78 is 26.6. The number of sulfone groups is 1. The van der Waals surface area contributed by atoms with Crippen molar-refractivity contribution in [3.8, 4) is 0 Å². The fourth-order valence-electron chi connectivity index (χ4n) is 2.04. The van der Waals surface area contributed by atoms with Crippen LogP contribution in [0.1, 0.15) is 19.8 Å². The van der Waals surface area contributed by atoms with Crippen LogP contribution in [0.25, 0.3) is 0 Å². The zero-order valence-electron chi connectivity index (χ0n) is 13.0. The minimum atomic E-state index is -3.83. The van der Waals surface area contributed by atoms with Crippen LogP contribution in [0, 0.1) is 0 Å². The van der Waals surface area contributed by atoms with Crippen LogP contribution in [-0.2, 0) is 21.2 Å². The number of benzene rings is 1. The Hall–Kier alpha value is -1.94. The van der Waals surface area contributed by atoms with Gasteiger partial charge in [0.15, 0.2) is 0 Å². The van der Waals surface area contributed by atoms with Crippen LogP contribution in [0.2, 0.25) is 0 Å². The summed E-state index contributed by atoms with van der Waals surface area (Å²) in [5, 5.41) is 8.00. The SMILES string of the molecule is CCCn1c(S(=O)(=O)CCC(=O)Nc2ccc(Br)cc2)n[nH]c1=O. The fourth-order valence-corrected chi connectivity index (χ4v) is 3.63. The number of nitrogens with one attached hydrogen (secondary N) is 2. The molecule has 2 aromatic rings. The molecule has 0 aliphatic heterocycles. The van der Waals surface area contributed by atoms with Crippen molar-refractivity contribution in [2.24, 2.45) is 0 Å². The monoisotopic (exact) mass is 416 g/mol. The Kier molecular flexibility index (Phi) is 5.94. The topological polar surface area (TPSA) is 114 Å². The molecule has 2 N–H and O–H groups in total. The molecule has 1 amide bonds. The van der Waals surface area contributed by atoms with E-state index in [0.29, 0.717) is 12.1 Å². The predicted molar refractivity (Wildman–Crippen MR) is 92.6 cm³/mol. The predicted octanol–water partition coefficient (Wildman–Crippen LogP) is 1.55. The van der Waals surface area contributed by atoms with E-state index in [1.165, 1.54) is 0 Å². The van der Waals surface area contributed by atoms with Gasteiger partial charge < -0.3 is 5.32 Å². The van der Waals surface area contributed by atoms with Crippen LogP contribution in [0.3, 0.4) is 0 Å². The van der Waals surface area contributed by atoms with E-state index < -0.39 is 27.2 Å². The molecule has 0 atom stereocenters. The van der Waals surface area contributed by atoms with Crippen molar-refractivity contribution in [1.29, 1.82) is 0 Å². The molecule has 0 bridgehead atoms. The molecule has 1 aromatic carbocycles. The first-order valence-electron chi connectivity index (χ1n) is 7.27. The Balaban J connectivity index is 2.03. The molecule has 10 heteroatoms. The standard InChI is InChI=1S/C14H17BrN4O4S/c1-2-8-19-13(21)17-18-14(19)24(22,23)9-7-12(20)16-11-5-3-10(15)4-6-11/h3-6H,2,7-9H2,1H3,(H,16,20)(H,17,21). The molecule has 0 saturated heterocycles. The lowest BCUT2D eigenvalue weighted by Crippen LogP contribution is -2.23. The summed E-state index contributed by atoms with van der Waals surface area (Å²) in [7, 11) is -3.83. The largest absolute Gasteiger partial charge is 0.344 e. The normalized spacial score (nSPS) is 11.4. The third-order valence-electron chi connectivity index (χ3n) is 3.17. The lowest BCUT2D eigenvalue weighted by atomic mass is 10.3. The van der Waals surface area contributed by atoms with Crippen LogP contribution < -0.4 is 11.0 Å². The highest BCUT2D eigenvalue weighted by Crippen LogP contribution is 2.14. The number of hydrogen-bond acceptors (Lipinski definition) is 5. The lowest BCUT2D eigenvalue weighted by molar-refractivity contribution is -0.115. The Morgan fingerprint density at radius 2 is 2.00 bits per heavy atom. The van der Waals surface area contributed by atoms with Gasteiger partial charge in [0, 0.05) is 23.1 Å². The number of nitrogens with zero attached hydrogens (tertiary/aromatic N) is 2. The average molecular weight is 417 g/mol. The minimum absolute atomic E-state index is 0.231. The number of hydrogen-bond donors (Lipinski definition) is 2. The average Bonchev–Trinajstić information content (AvgIpc) is 2.90. The quantitative estimate of drug-likeness (QED) is 0.710. The number of rotatable bonds is 7. The summed E-state index contributed by atoms with van der Waals surface area (Å²) in [4.78, 5) is 23.5. The molecule has 0 fully saturated rings. The molecule has 0 spiro atoms. The second kappa shape index (κ2) is 7.75. The van der Waals surface area contributed by atoms with Crippen LogP contribution in [0.5, 0.6) is 0 Å². The summed E-state index contributed by atoms with van der Waals surface area (Å²) in [5.74, 6) is -0.857. The van der Waals surface area contributed by atoms with Crippen molar-refractivity contribution >= 4 is 37.4 Å². The van der Waals surface area contributed by atoms with Crippen LogP contribution >= 0.6 is 15.9 Å². The van der Waals surface area contributed by atoms with E-state index in [2.05, 4.69) is 31.4 Å². The van der Waals surface area contributed by atoms with Crippen molar-refractivity contribution in [2.75, 3.05) is 11.1 Å². The minimum Gasteiger partial charge on any atom is -0.326 e. The second-order valence-electron chi connectivity index (χ2n) is 5.09. The van der Waals surface area contributed by atoms with Crippen molar-refractivity contribution in [2.45, 2.75) is 31.5 Å². The Labute approximate surface area is 147 Å². The number of aromatic amines is 1. The van der Waals surface area contributed by atoms with Gasteiger partial charge in [0.2, 0.25) is 20.9 Å². The number of carbonyl (C=O) groups excluding carboxylic acids is 1. The number of amides is 1. The number of aromatic nitrogens is 3. The first kappa shape index (κ1) is 18.4. The number of anilines is 1. The van der Waals surface area contributed by atoms with Gasteiger partial charge in [-0.25, -0.2) is 18.3 Å². The van der Waals surface area contributed by atoms with Crippen molar-refractivity contribution in [3.63, 3.8) is 0 Å². The highest BCUT2D eigenvalue weighted by atomic mass is 79.9. The third kappa shape index (κ3) is 4.54. The van der Waals surface area contributed by atoms with E-state index in [-0.39, 0.29) is 18.1 Å². The molecule has 2 rings (SSSR count). The Morgan fingerprint density at radius 3 is 2.62 bits per heavy atom. The summed E-state index contributed by atoms with van der Waals surface area (Å²) in [6, 6.07) is 6.92. The second-order valence-corrected chi connectivity index (χ2v) is 8.01. The maximum atomic E-state index is 12.3. The van der Waals surface area contributed by atoms with Gasteiger partial charge in [0.1, 0.15) is 0 Å². The molecule has 0 radical (unpaired) electrons. The first-order valence-corrected chi connectivity index (χ1v) is 9.71. The summed E-state index contributed by atoms with van der Waals surface area (Å²) >= 11 is 3.29. The van der Waals surface area contributed by atoms with Gasteiger partial charge in [0.25, 0.3) is 0 Å². The van der Waals surface area contributed by atoms with E-state index in [1.54, 1.807) is 24.3 Å². The molecular formula is C14H17BrN4O4S. The molecule has 1 aromatic heterocycles. The molecular weight excluding hydrogens is 400 g/mol. The van der Waals surface area contributed by atoms with E-state index in [4.69, 9.17) is 0 Å². The maximum absolute atomic E-state index is 12.3. The molecule has 8 nitrogen and oxygen atoms in total. The molecule has 0 saturated carbocycles. The summed E-state index contributed by atoms with van der Waals surface area (Å²) in [5.41, 5.74) is -0.00185. The zero-order valence-corrected chi connectivity index (χ0v) is 15.4. The van der Waals surface area contributed by atoms with Crippen molar-refractivity contribution in [1.82, 2.24) is 14.8 Å². The number of halogens is 1. The highest BCUT2D eigenvalue weighted by molar-refractivity contribution is 9.10. The summed E-state index contributed by atoms with van der Waals surface area (Å²) in [6.45, 7) is 2.07. The zero-order chi connectivity index (χ0) is 17.7. The maximum Gasteiger partial charge on any atom is 0.344 e. The molecule has 24 heavy (non-hydrogen) atoms. The Morgan fingerprint density at radius 1 is 1.33 bits per heavy atom. The van der Waals surface area contributed by atoms with Gasteiger partial charge in [-0.05, 0) is 30.7 Å². The molecule has 0 aliphatic rings. The van der Waals surface area contributed by atoms with Crippen molar-refractivity contribution in [3.05, 3.63) is 39.2 Å². The smallest absolute Gasteiger partial charge is 0.326 e. The van der Waals surface area contributed by atoms with Crippen LogP contribution in [-0.4, -0.2) is 34.8 Å². The van der Waals surface area contributed by atoms with Gasteiger partial charge in [-0.2, -0.15) is 0 Å². The third-order valence-corrected chi connectivity index (χ3v) is 5.31. The van der Waals surface area contributed by atoms with Gasteiger partial charge in [-0.1, -0.05) is 22.9 Å². The molecule has 0 unspecified atom stereocenters. The van der Waals surface area contributed by atoms with Crippen molar-refractivity contribution < 1.29 is 13.2 Å². The van der Waals surface area contributed by atoms with Crippen LogP contribution in [0.15, 0.2) is 38.7 Å². The van der Waals surface area contributed by atoms with E-state index in [1.807, 2.05) is 6.92 Å². The first-order chi connectivity index (χ1) is 11.3. The Bertz CT molecular complexity index is 871. The highest BCUT2D eigenvalue weighted by Gasteiger charge is 2.24. The van der Waals surface area contributed by atoms with E-state index >= 15 is 0 Å². The molecule has 0 aliphatic carbocycles. The van der Waals surface area contributed by atoms with E-state index in [9.17, 15) is 18.0 Å². The summed E-state index contributed by atoms with van der Waals surface area (Å²) in [6.07, 6.45) is 0.359. The van der Waals surface area contributed by atoms with Gasteiger partial charge in [-0.15, -0.1) is 5.10 Å². The molecule has 130 valence electrons. The fraction of sp³-hybridized carbons (Fsp3) is 0.357. The van der Waals surface area contributed by atoms with E-state index in [0.717, 1.165) is 9.04 Å². The van der Waals surface area contributed by atoms with Crippen LogP contribution in [0.4, 0.5) is 5.69 Å². The van der Waals surface area contributed by atoms with Gasteiger partial charge in [0.05, 0.1) is 5.75 Å². The van der Waals surface area contributed by atoms with Gasteiger partial charge in [-0.3, -0.25) is 9.36 Å². The molecule has 1 heterocycles. The lowest BCUT2D eigenvalue weighted by Gasteiger charge is -2.07. The number of H-pyrrole nitrogens is 1. The number of carbonyl (C=O) groups is 1. The van der Waals surface area contributed by atoms with Gasteiger partial charge >= 0.3 is 5.69 Å².